The van der Waals surface area contributed by atoms with Gasteiger partial charge in [0.05, 0.1) is 31.7 Å². The van der Waals surface area contributed by atoms with Gasteiger partial charge in [-0.1, -0.05) is 0 Å². The van der Waals surface area contributed by atoms with E-state index >= 15 is 0 Å². The van der Waals surface area contributed by atoms with E-state index < -0.39 is 0 Å². The summed E-state index contributed by atoms with van der Waals surface area (Å²) in [6.45, 7) is 0.256. The number of benzene rings is 2. The Morgan fingerprint density at radius 1 is 1.04 bits per heavy atom. The minimum absolute atomic E-state index is 0.256. The van der Waals surface area contributed by atoms with Crippen molar-refractivity contribution in [3.05, 3.63) is 47.9 Å². The number of esters is 1. The number of ether oxygens (including phenoxy) is 3. The molecule has 120 valence electrons. The first-order valence-electron chi connectivity index (χ1n) is 7.38. The standard InChI is InChI=1S/C18H14N2O4/c1-22-14-6-10-5-11-9-24-18(21)16(11)17(12(10)7-15(14)23-2)13-8-19-3-4-20-13/h3-8H,9H2,1-2H3. The Bertz CT molecular complexity index is 954. The second-order valence-corrected chi connectivity index (χ2v) is 5.38. The van der Waals surface area contributed by atoms with Crippen LogP contribution in [0.3, 0.4) is 0 Å². The normalized spacial score (nSPS) is 12.8. The summed E-state index contributed by atoms with van der Waals surface area (Å²) in [6, 6.07) is 5.68. The molecule has 0 saturated carbocycles. The lowest BCUT2D eigenvalue weighted by Gasteiger charge is -2.14. The van der Waals surface area contributed by atoms with Crippen LogP contribution >= 0.6 is 0 Å². The molecular formula is C18H14N2O4. The highest BCUT2D eigenvalue weighted by atomic mass is 16.5. The van der Waals surface area contributed by atoms with E-state index in [1.54, 1.807) is 32.8 Å². The molecule has 0 bridgehead atoms. The first-order chi connectivity index (χ1) is 11.7. The van der Waals surface area contributed by atoms with Gasteiger partial charge in [0.25, 0.3) is 0 Å². The molecule has 24 heavy (non-hydrogen) atoms. The van der Waals surface area contributed by atoms with Gasteiger partial charge < -0.3 is 14.2 Å². The SMILES string of the molecule is COc1cc2cc3c(c(-c4cnccn4)c2cc1OC)C(=O)OC3. The molecule has 0 aliphatic carbocycles. The van der Waals surface area contributed by atoms with Crippen LogP contribution in [0, 0.1) is 0 Å². The van der Waals surface area contributed by atoms with E-state index in [2.05, 4.69) is 9.97 Å². The number of carbonyl (C=O) groups excluding carboxylic acids is 1. The van der Waals surface area contributed by atoms with Crippen molar-refractivity contribution in [2.45, 2.75) is 6.61 Å². The molecule has 0 fully saturated rings. The van der Waals surface area contributed by atoms with Crippen molar-refractivity contribution in [1.82, 2.24) is 9.97 Å². The molecule has 3 aromatic rings. The fourth-order valence-corrected chi connectivity index (χ4v) is 3.04. The Morgan fingerprint density at radius 2 is 1.83 bits per heavy atom. The van der Waals surface area contributed by atoms with E-state index in [1.807, 2.05) is 18.2 Å². The van der Waals surface area contributed by atoms with E-state index in [9.17, 15) is 4.79 Å². The Kier molecular flexibility index (Phi) is 3.30. The number of fused-ring (bicyclic) bond motifs is 2. The average molecular weight is 322 g/mol. The number of methoxy groups -OCH3 is 2. The van der Waals surface area contributed by atoms with E-state index in [1.165, 1.54) is 0 Å². The zero-order valence-electron chi connectivity index (χ0n) is 13.2. The number of carbonyl (C=O) groups is 1. The van der Waals surface area contributed by atoms with Gasteiger partial charge in [0.2, 0.25) is 0 Å². The van der Waals surface area contributed by atoms with Gasteiger partial charge in [-0.15, -0.1) is 0 Å². The Labute approximate surface area is 138 Å². The number of hydrogen-bond donors (Lipinski definition) is 0. The summed E-state index contributed by atoms with van der Waals surface area (Å²) < 4.78 is 16.0. The molecule has 2 heterocycles. The molecule has 1 aliphatic rings. The third-order valence-electron chi connectivity index (χ3n) is 4.11. The maximum atomic E-state index is 12.3. The van der Waals surface area contributed by atoms with Gasteiger partial charge in [-0.3, -0.25) is 9.97 Å². The molecule has 2 aromatic carbocycles. The molecule has 0 N–H and O–H groups in total. The van der Waals surface area contributed by atoms with E-state index in [0.29, 0.717) is 28.3 Å². The highest BCUT2D eigenvalue weighted by Gasteiger charge is 2.28. The highest BCUT2D eigenvalue weighted by Crippen LogP contribution is 2.41. The maximum Gasteiger partial charge on any atom is 0.339 e. The summed E-state index contributed by atoms with van der Waals surface area (Å²) in [7, 11) is 3.17. The summed E-state index contributed by atoms with van der Waals surface area (Å²) in [5.41, 5.74) is 2.69. The van der Waals surface area contributed by atoms with Crippen molar-refractivity contribution < 1.29 is 19.0 Å². The Hall–Kier alpha value is -3.15. The van der Waals surface area contributed by atoms with Crippen LogP contribution in [0.4, 0.5) is 0 Å². The first kappa shape index (κ1) is 14.4. The zero-order valence-corrected chi connectivity index (χ0v) is 13.2. The van der Waals surface area contributed by atoms with Crippen LogP contribution in [0.5, 0.6) is 11.5 Å². The van der Waals surface area contributed by atoms with Gasteiger partial charge in [-0.25, -0.2) is 4.79 Å². The number of rotatable bonds is 3. The van der Waals surface area contributed by atoms with Crippen LogP contribution in [-0.2, 0) is 11.3 Å². The van der Waals surface area contributed by atoms with Crippen molar-refractivity contribution in [2.24, 2.45) is 0 Å². The molecule has 6 heteroatoms. The third-order valence-corrected chi connectivity index (χ3v) is 4.11. The zero-order chi connectivity index (χ0) is 16.7. The van der Waals surface area contributed by atoms with Gasteiger partial charge in [0.15, 0.2) is 11.5 Å². The second kappa shape index (κ2) is 5.49. The highest BCUT2D eigenvalue weighted by molar-refractivity contribution is 6.10. The van der Waals surface area contributed by atoms with Crippen molar-refractivity contribution in [1.29, 1.82) is 0 Å². The lowest BCUT2D eigenvalue weighted by Crippen LogP contribution is -2.01. The summed E-state index contributed by atoms with van der Waals surface area (Å²) >= 11 is 0. The quantitative estimate of drug-likeness (QED) is 0.690. The fraction of sp³-hybridized carbons (Fsp3) is 0.167. The molecule has 0 atom stereocenters. The first-order valence-corrected chi connectivity index (χ1v) is 7.38. The van der Waals surface area contributed by atoms with Gasteiger partial charge in [-0.2, -0.15) is 0 Å². The molecular weight excluding hydrogens is 308 g/mol. The van der Waals surface area contributed by atoms with Crippen LogP contribution in [0.1, 0.15) is 15.9 Å². The summed E-state index contributed by atoms with van der Waals surface area (Å²) in [5, 5.41) is 1.76. The van der Waals surface area contributed by atoms with E-state index in [0.717, 1.165) is 16.3 Å². The van der Waals surface area contributed by atoms with Crippen LogP contribution in [0.25, 0.3) is 22.0 Å². The predicted octanol–water partition coefficient (Wildman–Crippen LogP) is 2.98. The minimum Gasteiger partial charge on any atom is -0.493 e. The largest absolute Gasteiger partial charge is 0.493 e. The third kappa shape index (κ3) is 2.07. The molecule has 6 nitrogen and oxygen atoms in total. The summed E-state index contributed by atoms with van der Waals surface area (Å²) in [4.78, 5) is 20.7. The minimum atomic E-state index is -0.345. The van der Waals surface area contributed by atoms with Gasteiger partial charge in [-0.05, 0) is 29.0 Å². The molecule has 1 aromatic heterocycles. The molecule has 0 saturated heterocycles. The fourth-order valence-electron chi connectivity index (χ4n) is 3.04. The van der Waals surface area contributed by atoms with Crippen molar-refractivity contribution >= 4 is 16.7 Å². The molecule has 0 spiro atoms. The number of aromatic nitrogens is 2. The van der Waals surface area contributed by atoms with Crippen molar-refractivity contribution in [3.63, 3.8) is 0 Å². The summed E-state index contributed by atoms with van der Waals surface area (Å²) in [6.07, 6.45) is 4.83. The topological polar surface area (TPSA) is 70.5 Å². The lowest BCUT2D eigenvalue weighted by molar-refractivity contribution is 0.0535. The summed E-state index contributed by atoms with van der Waals surface area (Å²) in [5.74, 6) is 0.865. The Morgan fingerprint density at radius 3 is 2.54 bits per heavy atom. The molecule has 4 rings (SSSR count). The molecule has 0 radical (unpaired) electrons. The van der Waals surface area contributed by atoms with E-state index in [-0.39, 0.29) is 12.6 Å². The monoisotopic (exact) mass is 322 g/mol. The number of nitrogens with zero attached hydrogens (tertiary/aromatic N) is 2. The maximum absolute atomic E-state index is 12.3. The molecule has 1 aliphatic heterocycles. The smallest absolute Gasteiger partial charge is 0.339 e. The van der Waals surface area contributed by atoms with Crippen molar-refractivity contribution in [2.75, 3.05) is 14.2 Å². The number of hydrogen-bond acceptors (Lipinski definition) is 6. The lowest BCUT2D eigenvalue weighted by atomic mass is 9.93. The van der Waals surface area contributed by atoms with Gasteiger partial charge in [0.1, 0.15) is 6.61 Å². The Balaban J connectivity index is 2.13. The van der Waals surface area contributed by atoms with Gasteiger partial charge >= 0.3 is 5.97 Å². The van der Waals surface area contributed by atoms with Crippen LogP contribution in [-0.4, -0.2) is 30.2 Å². The van der Waals surface area contributed by atoms with Crippen LogP contribution in [0.15, 0.2) is 36.8 Å². The average Bonchev–Trinajstić information content (AvgIpc) is 2.99. The van der Waals surface area contributed by atoms with Crippen LogP contribution < -0.4 is 9.47 Å². The van der Waals surface area contributed by atoms with Gasteiger partial charge in [0, 0.05) is 23.5 Å². The second-order valence-electron chi connectivity index (χ2n) is 5.38. The van der Waals surface area contributed by atoms with Crippen molar-refractivity contribution in [3.8, 4) is 22.8 Å². The predicted molar refractivity (Wildman–Crippen MR) is 87.2 cm³/mol. The van der Waals surface area contributed by atoms with E-state index in [4.69, 9.17) is 14.2 Å². The van der Waals surface area contributed by atoms with Crippen LogP contribution in [0.2, 0.25) is 0 Å². The molecule has 0 unspecified atom stereocenters. The molecule has 0 amide bonds. The number of cyclic esters (lactones) is 1.